The van der Waals surface area contributed by atoms with Crippen LogP contribution in [0.5, 0.6) is 0 Å². The number of hydrogen-bond acceptors (Lipinski definition) is 7. The van der Waals surface area contributed by atoms with Crippen LogP contribution in [-0.2, 0) is 6.54 Å². The summed E-state index contributed by atoms with van der Waals surface area (Å²) in [6.07, 6.45) is 0. The van der Waals surface area contributed by atoms with Crippen LogP contribution in [0.4, 0.5) is 11.6 Å². The van der Waals surface area contributed by atoms with Crippen LogP contribution in [0.1, 0.15) is 10.4 Å². The molecule has 0 aliphatic carbocycles. The number of ketones is 1. The summed E-state index contributed by atoms with van der Waals surface area (Å²) in [5.41, 5.74) is -0.112. The Bertz CT molecular complexity index is 743. The number of Topliss-reactive ketones (excluding diaryl/α,β-unsaturated/α-hetero) is 1. The molecule has 0 aliphatic heterocycles. The minimum atomic E-state index is -0.793. The van der Waals surface area contributed by atoms with E-state index in [1.54, 1.807) is 0 Å². The molecule has 0 amide bonds. The Balaban J connectivity index is 2.24. The Labute approximate surface area is 124 Å². The number of carbonyl (C=O) groups excluding carboxylic acids is 1. The van der Waals surface area contributed by atoms with Gasteiger partial charge in [-0.3, -0.25) is 14.9 Å². The topological polar surface area (TPSA) is 134 Å². The van der Waals surface area contributed by atoms with Crippen LogP contribution in [0, 0.1) is 20.2 Å². The van der Waals surface area contributed by atoms with E-state index in [-0.39, 0.29) is 22.5 Å². The summed E-state index contributed by atoms with van der Waals surface area (Å²) < 4.78 is 1.02. The highest BCUT2D eigenvalue weighted by molar-refractivity contribution is 9.10. The molecule has 0 spiro atoms. The first-order chi connectivity index (χ1) is 9.88. The molecule has 0 atom stereocenters. The Morgan fingerprint density at radius 3 is 2.57 bits per heavy atom. The van der Waals surface area contributed by atoms with Crippen molar-refractivity contribution >= 4 is 33.3 Å². The Hall–Kier alpha value is -2.69. The van der Waals surface area contributed by atoms with Gasteiger partial charge in [0.05, 0.1) is 4.92 Å². The lowest BCUT2D eigenvalue weighted by atomic mass is 10.1. The number of nitro groups is 2. The fourth-order valence-corrected chi connectivity index (χ4v) is 1.87. The normalized spacial score (nSPS) is 10.3. The van der Waals surface area contributed by atoms with Crippen LogP contribution in [0.15, 0.2) is 29.0 Å². The van der Waals surface area contributed by atoms with Crippen LogP contribution in [0.25, 0.3) is 0 Å². The zero-order valence-electron chi connectivity index (χ0n) is 10.2. The van der Waals surface area contributed by atoms with Crippen LogP contribution in [0.3, 0.4) is 0 Å². The predicted octanol–water partition coefficient (Wildman–Crippen LogP) is 1.74. The number of hydrogen-bond donors (Lipinski definition) is 0. The van der Waals surface area contributed by atoms with E-state index in [9.17, 15) is 25.0 Å². The third-order valence-electron chi connectivity index (χ3n) is 2.45. The van der Waals surface area contributed by atoms with Crippen molar-refractivity contribution in [2.24, 2.45) is 0 Å². The summed E-state index contributed by atoms with van der Waals surface area (Å²) >= 11 is 2.95. The molecule has 0 saturated heterocycles. The maximum absolute atomic E-state index is 12.0. The first-order valence-corrected chi connectivity index (χ1v) is 6.20. The molecule has 0 saturated carbocycles. The fraction of sp³-hybridized carbons (Fsp3) is 0.100. The van der Waals surface area contributed by atoms with Crippen LogP contribution < -0.4 is 0 Å². The maximum Gasteiger partial charge on any atom is 0.492 e. The number of nitro benzene ring substituents is 1. The largest absolute Gasteiger partial charge is 0.492 e. The molecule has 1 aromatic carbocycles. The minimum absolute atomic E-state index is 0.0213. The van der Waals surface area contributed by atoms with Crippen molar-refractivity contribution in [1.82, 2.24) is 14.8 Å². The quantitative estimate of drug-likeness (QED) is 0.452. The molecule has 1 heterocycles. The lowest BCUT2D eigenvalue weighted by Crippen LogP contribution is -2.12. The van der Waals surface area contributed by atoms with Crippen LogP contribution in [0.2, 0.25) is 0 Å². The van der Waals surface area contributed by atoms with Gasteiger partial charge in [-0.2, -0.15) is 4.68 Å². The van der Waals surface area contributed by atoms with Gasteiger partial charge in [-0.25, -0.2) is 0 Å². The second kappa shape index (κ2) is 5.75. The van der Waals surface area contributed by atoms with E-state index in [2.05, 4.69) is 26.0 Å². The molecule has 0 aliphatic rings. The summed E-state index contributed by atoms with van der Waals surface area (Å²) in [6.45, 7) is -0.331. The summed E-state index contributed by atoms with van der Waals surface area (Å²) in [5, 5.41) is 24.7. The van der Waals surface area contributed by atoms with E-state index < -0.39 is 21.6 Å². The van der Waals surface area contributed by atoms with E-state index in [1.807, 2.05) is 0 Å². The number of halogens is 1. The van der Waals surface area contributed by atoms with E-state index >= 15 is 0 Å². The standard InChI is InChI=1S/C10H6BrN5O5/c11-9-12-10(16(20)21)13-14(9)5-8(17)6-2-1-3-7(4-6)15(18)19/h1-4H,5H2. The van der Waals surface area contributed by atoms with Crippen molar-refractivity contribution in [3.05, 3.63) is 54.8 Å². The average Bonchev–Trinajstić information content (AvgIpc) is 2.80. The predicted molar refractivity (Wildman–Crippen MR) is 71.8 cm³/mol. The van der Waals surface area contributed by atoms with Crippen molar-refractivity contribution in [2.75, 3.05) is 0 Å². The number of rotatable bonds is 5. The highest BCUT2D eigenvalue weighted by Gasteiger charge is 2.22. The first kappa shape index (κ1) is 14.7. The summed E-state index contributed by atoms with van der Waals surface area (Å²) in [7, 11) is 0. The number of aromatic nitrogens is 3. The lowest BCUT2D eigenvalue weighted by molar-refractivity contribution is -0.394. The summed E-state index contributed by atoms with van der Waals surface area (Å²) in [5.74, 6) is -1.13. The van der Waals surface area contributed by atoms with Crippen molar-refractivity contribution < 1.29 is 14.6 Å². The second-order valence-corrected chi connectivity index (χ2v) is 4.54. The molecule has 1 aromatic heterocycles. The number of carbonyl (C=O) groups is 1. The van der Waals surface area contributed by atoms with Crippen molar-refractivity contribution in [3.63, 3.8) is 0 Å². The zero-order chi connectivity index (χ0) is 15.6. The van der Waals surface area contributed by atoms with Gasteiger partial charge in [0.1, 0.15) is 6.54 Å². The van der Waals surface area contributed by atoms with Gasteiger partial charge in [-0.05, 0) is 9.91 Å². The van der Waals surface area contributed by atoms with Crippen LogP contribution in [-0.4, -0.2) is 30.4 Å². The average molecular weight is 356 g/mol. The third kappa shape index (κ3) is 3.25. The molecule has 2 aromatic rings. The molecule has 108 valence electrons. The third-order valence-corrected chi connectivity index (χ3v) is 3.04. The van der Waals surface area contributed by atoms with Gasteiger partial charge >= 0.3 is 5.95 Å². The molecule has 0 fully saturated rings. The molecular weight excluding hydrogens is 350 g/mol. The molecule has 0 unspecified atom stereocenters. The van der Waals surface area contributed by atoms with Gasteiger partial charge in [0, 0.05) is 38.7 Å². The number of benzene rings is 1. The molecule has 11 heteroatoms. The zero-order valence-corrected chi connectivity index (χ0v) is 11.8. The van der Waals surface area contributed by atoms with Crippen molar-refractivity contribution in [2.45, 2.75) is 6.54 Å². The van der Waals surface area contributed by atoms with Gasteiger partial charge in [-0.1, -0.05) is 12.1 Å². The molecule has 21 heavy (non-hydrogen) atoms. The Kier molecular flexibility index (Phi) is 4.03. The van der Waals surface area contributed by atoms with Gasteiger partial charge in [0.2, 0.25) is 0 Å². The Morgan fingerprint density at radius 2 is 2.00 bits per heavy atom. The van der Waals surface area contributed by atoms with Gasteiger partial charge in [0.15, 0.2) is 5.78 Å². The molecule has 2 rings (SSSR count). The SMILES string of the molecule is O=C(Cn1nc([N+](=O)[O-])nc1Br)c1cccc([N+](=O)[O-])c1. The van der Waals surface area contributed by atoms with E-state index in [0.29, 0.717) is 0 Å². The smallest absolute Gasteiger partial charge is 0.390 e. The van der Waals surface area contributed by atoms with Gasteiger partial charge in [-0.15, -0.1) is 0 Å². The molecular formula is C10H6BrN5O5. The highest BCUT2D eigenvalue weighted by Crippen LogP contribution is 2.16. The number of nitrogens with zero attached hydrogens (tertiary/aromatic N) is 5. The molecule has 10 nitrogen and oxygen atoms in total. The highest BCUT2D eigenvalue weighted by atomic mass is 79.9. The minimum Gasteiger partial charge on any atom is -0.390 e. The number of non-ortho nitro benzene ring substituents is 1. The summed E-state index contributed by atoms with van der Waals surface area (Å²) in [4.78, 5) is 35.3. The van der Waals surface area contributed by atoms with Crippen molar-refractivity contribution in [3.8, 4) is 0 Å². The molecule has 0 bridgehead atoms. The second-order valence-electron chi connectivity index (χ2n) is 3.83. The van der Waals surface area contributed by atoms with Gasteiger partial charge in [0.25, 0.3) is 10.4 Å². The maximum atomic E-state index is 12.0. The monoisotopic (exact) mass is 355 g/mol. The van der Waals surface area contributed by atoms with Gasteiger partial charge < -0.3 is 10.1 Å². The van der Waals surface area contributed by atoms with E-state index in [4.69, 9.17) is 0 Å². The molecule has 0 N–H and O–H groups in total. The first-order valence-electron chi connectivity index (χ1n) is 5.41. The Morgan fingerprint density at radius 1 is 1.29 bits per heavy atom. The molecule has 0 radical (unpaired) electrons. The summed E-state index contributed by atoms with van der Waals surface area (Å²) in [6, 6.07) is 5.17. The van der Waals surface area contributed by atoms with E-state index in [0.717, 1.165) is 10.7 Å². The van der Waals surface area contributed by atoms with Crippen LogP contribution >= 0.6 is 15.9 Å². The fourth-order valence-electron chi connectivity index (χ4n) is 1.51. The van der Waals surface area contributed by atoms with E-state index in [1.165, 1.54) is 18.2 Å². The van der Waals surface area contributed by atoms with Crippen molar-refractivity contribution in [1.29, 1.82) is 0 Å². The lowest BCUT2D eigenvalue weighted by Gasteiger charge is -1.99.